The van der Waals surface area contributed by atoms with E-state index in [0.717, 1.165) is 38.2 Å². The van der Waals surface area contributed by atoms with Crippen molar-refractivity contribution >= 4 is 35.8 Å². The topological polar surface area (TPSA) is 51.2 Å². The van der Waals surface area contributed by atoms with E-state index in [2.05, 4.69) is 17.1 Å². The number of likely N-dealkylation sites (tertiary alicyclic amines) is 1. The van der Waals surface area contributed by atoms with Crippen LogP contribution in [0.4, 0.5) is 0 Å². The van der Waals surface area contributed by atoms with Crippen LogP contribution in [0.5, 0.6) is 0 Å². The number of halogens is 1. The SMILES string of the molecule is CCNC(=NCC1CCN(C2CC2)C1)N(C)CC(=O)N(CC)CC.I. The molecule has 1 atom stereocenters. The fraction of sp³-hybridized carbons (Fsp3) is 0.889. The number of likely N-dealkylation sites (N-methyl/N-ethyl adjacent to an activating group) is 2. The molecule has 25 heavy (non-hydrogen) atoms. The maximum atomic E-state index is 12.3. The zero-order valence-electron chi connectivity index (χ0n) is 16.3. The monoisotopic (exact) mass is 465 g/mol. The highest BCUT2D eigenvalue weighted by molar-refractivity contribution is 14.0. The molecule has 0 aromatic rings. The maximum absolute atomic E-state index is 12.3. The molecule has 1 aliphatic heterocycles. The third kappa shape index (κ3) is 6.92. The molecule has 1 unspecified atom stereocenters. The van der Waals surface area contributed by atoms with Gasteiger partial charge < -0.3 is 20.0 Å². The second kappa shape index (κ2) is 11.2. The summed E-state index contributed by atoms with van der Waals surface area (Å²) in [6.45, 7) is 12.1. The number of hydrogen-bond donors (Lipinski definition) is 1. The van der Waals surface area contributed by atoms with Crippen LogP contribution in [0.1, 0.15) is 40.0 Å². The van der Waals surface area contributed by atoms with E-state index >= 15 is 0 Å². The molecule has 0 aromatic carbocycles. The van der Waals surface area contributed by atoms with Crippen LogP contribution in [0.15, 0.2) is 4.99 Å². The second-order valence-electron chi connectivity index (χ2n) is 7.00. The zero-order chi connectivity index (χ0) is 17.5. The van der Waals surface area contributed by atoms with Crippen molar-refractivity contribution in [2.45, 2.75) is 46.1 Å². The Bertz CT molecular complexity index is 437. The Labute approximate surface area is 170 Å². The van der Waals surface area contributed by atoms with Gasteiger partial charge in [-0.3, -0.25) is 9.79 Å². The summed E-state index contributed by atoms with van der Waals surface area (Å²) in [6.07, 6.45) is 4.02. The van der Waals surface area contributed by atoms with Crippen molar-refractivity contribution < 1.29 is 4.79 Å². The lowest BCUT2D eigenvalue weighted by molar-refractivity contribution is -0.131. The molecule has 1 saturated heterocycles. The van der Waals surface area contributed by atoms with Crippen LogP contribution >= 0.6 is 24.0 Å². The van der Waals surface area contributed by atoms with Gasteiger partial charge in [-0.25, -0.2) is 0 Å². The lowest BCUT2D eigenvalue weighted by Crippen LogP contribution is -2.45. The normalized spacial score (nSPS) is 21.0. The summed E-state index contributed by atoms with van der Waals surface area (Å²) in [5.74, 6) is 1.67. The van der Waals surface area contributed by atoms with Gasteiger partial charge >= 0.3 is 0 Å². The van der Waals surface area contributed by atoms with Crippen LogP contribution in [0.2, 0.25) is 0 Å². The van der Waals surface area contributed by atoms with E-state index < -0.39 is 0 Å². The first-order valence-electron chi connectivity index (χ1n) is 9.60. The lowest BCUT2D eigenvalue weighted by Gasteiger charge is -2.26. The molecule has 6 nitrogen and oxygen atoms in total. The number of rotatable bonds is 8. The summed E-state index contributed by atoms with van der Waals surface area (Å²) in [4.78, 5) is 23.6. The summed E-state index contributed by atoms with van der Waals surface area (Å²) in [5.41, 5.74) is 0. The van der Waals surface area contributed by atoms with Gasteiger partial charge in [-0.05, 0) is 52.5 Å². The van der Waals surface area contributed by atoms with Crippen LogP contribution in [0.25, 0.3) is 0 Å². The van der Waals surface area contributed by atoms with Crippen molar-refractivity contribution in [1.82, 2.24) is 20.0 Å². The molecule has 1 heterocycles. The highest BCUT2D eigenvalue weighted by atomic mass is 127. The number of carbonyl (C=O) groups excluding carboxylic acids is 1. The smallest absolute Gasteiger partial charge is 0.242 e. The summed E-state index contributed by atoms with van der Waals surface area (Å²) >= 11 is 0. The Hall–Kier alpha value is -0.570. The van der Waals surface area contributed by atoms with Crippen molar-refractivity contribution in [2.24, 2.45) is 10.9 Å². The largest absolute Gasteiger partial charge is 0.357 e. The molecule has 1 aliphatic carbocycles. The van der Waals surface area contributed by atoms with Gasteiger partial charge in [0.2, 0.25) is 5.91 Å². The summed E-state index contributed by atoms with van der Waals surface area (Å²) in [6, 6.07) is 0.863. The molecule has 1 saturated carbocycles. The molecule has 1 amide bonds. The lowest BCUT2D eigenvalue weighted by atomic mass is 10.1. The standard InChI is InChI=1S/C18H35N5O.HI/c1-5-19-18(21(4)14-17(24)22(6-2)7-3)20-12-15-10-11-23(13-15)16-8-9-16;/h15-16H,5-14H2,1-4H3,(H,19,20);1H. The van der Waals surface area contributed by atoms with E-state index in [1.165, 1.54) is 32.4 Å². The molecule has 2 rings (SSSR count). The first-order chi connectivity index (χ1) is 11.6. The fourth-order valence-electron chi connectivity index (χ4n) is 3.42. The predicted octanol–water partition coefficient (Wildman–Crippen LogP) is 1.85. The Morgan fingerprint density at radius 2 is 1.88 bits per heavy atom. The van der Waals surface area contributed by atoms with Crippen LogP contribution in [0.3, 0.4) is 0 Å². The Morgan fingerprint density at radius 3 is 2.44 bits per heavy atom. The van der Waals surface area contributed by atoms with Gasteiger partial charge in [-0.2, -0.15) is 0 Å². The first-order valence-corrected chi connectivity index (χ1v) is 9.60. The van der Waals surface area contributed by atoms with Crippen molar-refractivity contribution in [3.05, 3.63) is 0 Å². The third-order valence-electron chi connectivity index (χ3n) is 5.06. The minimum atomic E-state index is 0. The van der Waals surface area contributed by atoms with Crippen LogP contribution in [-0.2, 0) is 4.79 Å². The van der Waals surface area contributed by atoms with E-state index in [-0.39, 0.29) is 29.9 Å². The van der Waals surface area contributed by atoms with Gasteiger partial charge in [0.05, 0.1) is 6.54 Å². The van der Waals surface area contributed by atoms with Crippen LogP contribution < -0.4 is 5.32 Å². The van der Waals surface area contributed by atoms with E-state index in [4.69, 9.17) is 4.99 Å². The summed E-state index contributed by atoms with van der Waals surface area (Å²) in [5, 5.41) is 3.32. The van der Waals surface area contributed by atoms with Crippen molar-refractivity contribution in [2.75, 3.05) is 52.9 Å². The number of nitrogens with one attached hydrogen (secondary N) is 1. The predicted molar refractivity (Wildman–Crippen MR) is 115 cm³/mol. The molecule has 0 aromatic heterocycles. The number of amides is 1. The number of nitrogens with zero attached hydrogens (tertiary/aromatic N) is 4. The molecule has 146 valence electrons. The fourth-order valence-corrected chi connectivity index (χ4v) is 3.42. The molecule has 0 bridgehead atoms. The van der Waals surface area contributed by atoms with E-state index in [9.17, 15) is 4.79 Å². The number of carbonyl (C=O) groups is 1. The zero-order valence-corrected chi connectivity index (χ0v) is 18.7. The summed E-state index contributed by atoms with van der Waals surface area (Å²) in [7, 11) is 1.95. The van der Waals surface area contributed by atoms with Gasteiger partial charge in [0.1, 0.15) is 0 Å². The van der Waals surface area contributed by atoms with Gasteiger partial charge in [-0.15, -0.1) is 24.0 Å². The number of hydrogen-bond acceptors (Lipinski definition) is 3. The van der Waals surface area contributed by atoms with E-state index in [0.29, 0.717) is 12.5 Å². The molecule has 2 aliphatic rings. The number of guanidine groups is 1. The van der Waals surface area contributed by atoms with Crippen molar-refractivity contribution in [3.63, 3.8) is 0 Å². The van der Waals surface area contributed by atoms with Gasteiger partial charge in [0.25, 0.3) is 0 Å². The molecule has 1 N–H and O–H groups in total. The molecule has 0 spiro atoms. The Balaban J connectivity index is 0.00000312. The Morgan fingerprint density at radius 1 is 1.20 bits per heavy atom. The molecule has 7 heteroatoms. The van der Waals surface area contributed by atoms with Crippen molar-refractivity contribution in [3.8, 4) is 0 Å². The molecular weight excluding hydrogens is 429 g/mol. The minimum Gasteiger partial charge on any atom is -0.357 e. The maximum Gasteiger partial charge on any atom is 0.242 e. The van der Waals surface area contributed by atoms with E-state index in [1.807, 2.05) is 30.7 Å². The second-order valence-corrected chi connectivity index (χ2v) is 7.00. The van der Waals surface area contributed by atoms with Crippen molar-refractivity contribution in [1.29, 1.82) is 0 Å². The number of aliphatic imine (C=N–C) groups is 1. The van der Waals surface area contributed by atoms with Gasteiger partial charge in [-0.1, -0.05) is 0 Å². The molecule has 2 fully saturated rings. The van der Waals surface area contributed by atoms with Crippen LogP contribution in [0, 0.1) is 5.92 Å². The quantitative estimate of drug-likeness (QED) is 0.338. The average molecular weight is 465 g/mol. The summed E-state index contributed by atoms with van der Waals surface area (Å²) < 4.78 is 0. The van der Waals surface area contributed by atoms with Crippen LogP contribution in [-0.4, -0.2) is 85.5 Å². The first kappa shape index (κ1) is 22.5. The third-order valence-corrected chi connectivity index (χ3v) is 5.06. The average Bonchev–Trinajstić information content (AvgIpc) is 3.31. The minimum absolute atomic E-state index is 0. The highest BCUT2D eigenvalue weighted by Crippen LogP contribution is 2.31. The van der Waals surface area contributed by atoms with Gasteiger partial charge in [0.15, 0.2) is 5.96 Å². The highest BCUT2D eigenvalue weighted by Gasteiger charge is 2.34. The van der Waals surface area contributed by atoms with Gasteiger partial charge in [0, 0.05) is 45.8 Å². The van der Waals surface area contributed by atoms with E-state index in [1.54, 1.807) is 0 Å². The molecular formula is C18H36IN5O. The molecule has 0 radical (unpaired) electrons. The Kier molecular flexibility index (Phi) is 10.1.